The molecule has 2 atom stereocenters. The standard InChI is InChI=1S/C28H38FN5O3/c1-6-33(5)28(37)17(4)20-15-21(29)22(14-16(20)3)31-27(36)25(24(18-8-9-18)19-10-11-19)32-26(35)23-12-13-30-34(23)7-2/h12-15,17-19,24-25H,6-11H2,1-5H3,(H,31,36)(H,32,35)/t17?,25-/m0/s1. The first-order chi connectivity index (χ1) is 17.7. The Bertz CT molecular complexity index is 1160. The van der Waals surface area contributed by atoms with Crippen molar-refractivity contribution in [3.05, 3.63) is 47.0 Å². The molecular formula is C28H38FN5O3. The molecule has 0 radical (unpaired) electrons. The predicted octanol–water partition coefficient (Wildman–Crippen LogP) is 4.11. The van der Waals surface area contributed by atoms with Crippen molar-refractivity contribution < 1.29 is 18.8 Å². The summed E-state index contributed by atoms with van der Waals surface area (Å²) in [6.07, 6.45) is 5.71. The number of carbonyl (C=O) groups is 3. The Kier molecular flexibility index (Phi) is 7.99. The van der Waals surface area contributed by atoms with Crippen molar-refractivity contribution in [1.82, 2.24) is 20.0 Å². The first kappa shape index (κ1) is 26.8. The zero-order chi connectivity index (χ0) is 26.9. The molecular weight excluding hydrogens is 473 g/mol. The molecule has 0 bridgehead atoms. The molecule has 37 heavy (non-hydrogen) atoms. The Morgan fingerprint density at radius 2 is 1.81 bits per heavy atom. The summed E-state index contributed by atoms with van der Waals surface area (Å²) >= 11 is 0. The molecule has 2 aliphatic rings. The highest BCUT2D eigenvalue weighted by Crippen LogP contribution is 2.51. The third-order valence-electron chi connectivity index (χ3n) is 7.84. The van der Waals surface area contributed by atoms with E-state index in [9.17, 15) is 14.4 Å². The van der Waals surface area contributed by atoms with Gasteiger partial charge < -0.3 is 15.5 Å². The summed E-state index contributed by atoms with van der Waals surface area (Å²) in [7, 11) is 1.72. The highest BCUT2D eigenvalue weighted by Gasteiger charge is 2.48. The molecule has 2 N–H and O–H groups in total. The first-order valence-corrected chi connectivity index (χ1v) is 13.3. The van der Waals surface area contributed by atoms with E-state index in [2.05, 4.69) is 15.7 Å². The Labute approximate surface area is 218 Å². The van der Waals surface area contributed by atoms with Gasteiger partial charge in [-0.1, -0.05) is 0 Å². The number of nitrogens with one attached hydrogen (secondary N) is 2. The number of aryl methyl sites for hydroxylation is 2. The maximum Gasteiger partial charge on any atom is 0.270 e. The lowest BCUT2D eigenvalue weighted by molar-refractivity contribution is -0.131. The van der Waals surface area contributed by atoms with Crippen molar-refractivity contribution in [2.24, 2.45) is 17.8 Å². The van der Waals surface area contributed by atoms with Crippen LogP contribution in [-0.2, 0) is 16.1 Å². The van der Waals surface area contributed by atoms with Gasteiger partial charge in [0.1, 0.15) is 17.6 Å². The van der Waals surface area contributed by atoms with Gasteiger partial charge in [-0.3, -0.25) is 19.1 Å². The number of hydrogen-bond donors (Lipinski definition) is 2. The molecule has 2 aliphatic carbocycles. The van der Waals surface area contributed by atoms with Crippen LogP contribution in [0, 0.1) is 30.5 Å². The normalized spacial score (nSPS) is 16.8. The van der Waals surface area contributed by atoms with Crippen LogP contribution in [-0.4, -0.2) is 52.0 Å². The summed E-state index contributed by atoms with van der Waals surface area (Å²) < 4.78 is 16.8. The van der Waals surface area contributed by atoms with Gasteiger partial charge in [-0.25, -0.2) is 4.39 Å². The second-order valence-corrected chi connectivity index (χ2v) is 10.5. The maximum absolute atomic E-state index is 15.2. The van der Waals surface area contributed by atoms with Crippen LogP contribution in [0.3, 0.4) is 0 Å². The fourth-order valence-corrected chi connectivity index (χ4v) is 5.31. The number of aromatic nitrogens is 2. The van der Waals surface area contributed by atoms with Crippen LogP contribution in [0.25, 0.3) is 0 Å². The first-order valence-electron chi connectivity index (χ1n) is 13.3. The average Bonchev–Trinajstić information content (AvgIpc) is 3.83. The molecule has 1 aromatic heterocycles. The Balaban J connectivity index is 1.57. The number of nitrogens with zero attached hydrogens (tertiary/aromatic N) is 3. The largest absolute Gasteiger partial charge is 0.346 e. The minimum absolute atomic E-state index is 0.0209. The molecule has 0 saturated heterocycles. The molecule has 2 fully saturated rings. The van der Waals surface area contributed by atoms with Gasteiger partial charge in [-0.2, -0.15) is 5.10 Å². The summed E-state index contributed by atoms with van der Waals surface area (Å²) in [5, 5.41) is 9.90. The van der Waals surface area contributed by atoms with E-state index in [4.69, 9.17) is 0 Å². The number of rotatable bonds is 11. The Morgan fingerprint density at radius 1 is 1.16 bits per heavy atom. The van der Waals surface area contributed by atoms with Crippen molar-refractivity contribution in [3.8, 4) is 0 Å². The van der Waals surface area contributed by atoms with Crippen LogP contribution in [0.1, 0.15) is 74.0 Å². The van der Waals surface area contributed by atoms with E-state index in [0.29, 0.717) is 36.2 Å². The number of halogens is 1. The van der Waals surface area contributed by atoms with E-state index in [0.717, 1.165) is 31.2 Å². The van der Waals surface area contributed by atoms with Gasteiger partial charge in [0.25, 0.3) is 5.91 Å². The summed E-state index contributed by atoms with van der Waals surface area (Å²) in [6.45, 7) is 8.45. The van der Waals surface area contributed by atoms with E-state index >= 15 is 4.39 Å². The molecule has 0 aliphatic heterocycles. The van der Waals surface area contributed by atoms with Gasteiger partial charge in [0.15, 0.2) is 0 Å². The van der Waals surface area contributed by atoms with Gasteiger partial charge in [0, 0.05) is 26.3 Å². The predicted molar refractivity (Wildman–Crippen MR) is 140 cm³/mol. The quantitative estimate of drug-likeness (QED) is 0.475. The van der Waals surface area contributed by atoms with Crippen molar-refractivity contribution in [2.75, 3.05) is 18.9 Å². The lowest BCUT2D eigenvalue weighted by atomic mass is 9.88. The second-order valence-electron chi connectivity index (χ2n) is 10.5. The van der Waals surface area contributed by atoms with Crippen LogP contribution in [0.15, 0.2) is 24.4 Å². The van der Waals surface area contributed by atoms with E-state index in [1.165, 1.54) is 6.07 Å². The van der Waals surface area contributed by atoms with Gasteiger partial charge in [0.2, 0.25) is 11.8 Å². The van der Waals surface area contributed by atoms with Gasteiger partial charge in [0.05, 0.1) is 11.6 Å². The lowest BCUT2D eigenvalue weighted by Gasteiger charge is -2.28. The molecule has 1 heterocycles. The van der Waals surface area contributed by atoms with Crippen LogP contribution < -0.4 is 10.6 Å². The van der Waals surface area contributed by atoms with Crippen LogP contribution >= 0.6 is 0 Å². The number of amides is 3. The molecule has 4 rings (SSSR count). The van der Waals surface area contributed by atoms with E-state index in [-0.39, 0.29) is 23.4 Å². The van der Waals surface area contributed by atoms with E-state index in [1.807, 2.05) is 20.8 Å². The topological polar surface area (TPSA) is 96.3 Å². The molecule has 200 valence electrons. The van der Waals surface area contributed by atoms with Crippen molar-refractivity contribution in [2.45, 2.75) is 71.9 Å². The fourth-order valence-electron chi connectivity index (χ4n) is 5.31. The minimum atomic E-state index is -0.772. The van der Waals surface area contributed by atoms with Crippen molar-refractivity contribution >= 4 is 23.4 Å². The summed E-state index contributed by atoms with van der Waals surface area (Å²) in [5.74, 6) is -1.18. The average molecular weight is 512 g/mol. The highest BCUT2D eigenvalue weighted by molar-refractivity contribution is 6.01. The van der Waals surface area contributed by atoms with Crippen LogP contribution in [0.4, 0.5) is 10.1 Å². The third-order valence-corrected chi connectivity index (χ3v) is 7.84. The molecule has 0 spiro atoms. The van der Waals surface area contributed by atoms with Crippen LogP contribution in [0.5, 0.6) is 0 Å². The molecule has 8 nitrogen and oxygen atoms in total. The van der Waals surface area contributed by atoms with E-state index < -0.39 is 23.7 Å². The van der Waals surface area contributed by atoms with E-state index in [1.54, 1.807) is 41.9 Å². The Morgan fingerprint density at radius 3 is 2.38 bits per heavy atom. The lowest BCUT2D eigenvalue weighted by Crippen LogP contribution is -2.50. The molecule has 1 aromatic carbocycles. The highest BCUT2D eigenvalue weighted by atomic mass is 19.1. The third kappa shape index (κ3) is 5.86. The van der Waals surface area contributed by atoms with Gasteiger partial charge in [-0.05, 0) is 100 Å². The smallest absolute Gasteiger partial charge is 0.270 e. The maximum atomic E-state index is 15.2. The van der Waals surface area contributed by atoms with Crippen LogP contribution in [0.2, 0.25) is 0 Å². The minimum Gasteiger partial charge on any atom is -0.346 e. The zero-order valence-corrected chi connectivity index (χ0v) is 22.4. The SMILES string of the molecule is CCN(C)C(=O)C(C)c1cc(F)c(NC(=O)[C@@H](NC(=O)c2ccnn2CC)C(C2CC2)C2CC2)cc1C. The molecule has 3 amide bonds. The number of carbonyl (C=O) groups excluding carboxylic acids is 3. The molecule has 2 aromatic rings. The molecule has 9 heteroatoms. The van der Waals surface area contributed by atoms with Crippen molar-refractivity contribution in [1.29, 1.82) is 0 Å². The fraction of sp³-hybridized carbons (Fsp3) is 0.571. The summed E-state index contributed by atoms with van der Waals surface area (Å²) in [4.78, 5) is 41.0. The summed E-state index contributed by atoms with van der Waals surface area (Å²) in [6, 6.07) is 3.78. The number of anilines is 1. The van der Waals surface area contributed by atoms with Crippen molar-refractivity contribution in [3.63, 3.8) is 0 Å². The second kappa shape index (κ2) is 11.0. The summed E-state index contributed by atoms with van der Waals surface area (Å²) in [5.41, 5.74) is 1.76. The molecule has 1 unspecified atom stereocenters. The number of likely N-dealkylation sites (N-methyl/N-ethyl adjacent to an activating group) is 1. The zero-order valence-electron chi connectivity index (χ0n) is 22.4. The van der Waals surface area contributed by atoms with Gasteiger partial charge >= 0.3 is 0 Å². The monoisotopic (exact) mass is 511 g/mol. The molecule has 2 saturated carbocycles. The van der Waals surface area contributed by atoms with Gasteiger partial charge in [-0.15, -0.1) is 0 Å². The Hall–Kier alpha value is -3.23. The number of benzene rings is 1. The number of hydrogen-bond acceptors (Lipinski definition) is 4.